The second kappa shape index (κ2) is 3.91. The van der Waals surface area contributed by atoms with Crippen LogP contribution in [0.5, 0.6) is 0 Å². The fourth-order valence-electron chi connectivity index (χ4n) is 1.05. The third-order valence-electron chi connectivity index (χ3n) is 1.62. The third kappa shape index (κ3) is 2.19. The maximum absolute atomic E-state index is 11.1. The first-order valence-electron chi connectivity index (χ1n) is 3.76. The number of carbonyl (C=O) groups is 1. The highest BCUT2D eigenvalue weighted by molar-refractivity contribution is 5.90. The van der Waals surface area contributed by atoms with E-state index in [2.05, 4.69) is 4.74 Å². The summed E-state index contributed by atoms with van der Waals surface area (Å²) in [5.74, 6) is -0.456. The van der Waals surface area contributed by atoms with Gasteiger partial charge in [0.25, 0.3) is 0 Å². The fourth-order valence-corrected chi connectivity index (χ4v) is 1.05. The number of nitrogen functional groups attached to an aromatic ring is 1. The summed E-state index contributed by atoms with van der Waals surface area (Å²) in [5.41, 5.74) is 6.90. The molecule has 0 aliphatic rings. The molecule has 1 aromatic carbocycles. The summed E-state index contributed by atoms with van der Waals surface area (Å²) in [6.45, 7) is -0.144. The van der Waals surface area contributed by atoms with Crippen molar-refractivity contribution in [2.45, 2.75) is 6.61 Å². The van der Waals surface area contributed by atoms with E-state index in [1.807, 2.05) is 0 Å². The van der Waals surface area contributed by atoms with Gasteiger partial charge in [-0.25, -0.2) is 4.79 Å². The van der Waals surface area contributed by atoms with E-state index >= 15 is 0 Å². The van der Waals surface area contributed by atoms with Gasteiger partial charge in [-0.15, -0.1) is 0 Å². The minimum absolute atomic E-state index is 0.144. The van der Waals surface area contributed by atoms with Crippen molar-refractivity contribution < 1.29 is 14.6 Å². The van der Waals surface area contributed by atoms with Crippen LogP contribution in [-0.4, -0.2) is 18.2 Å². The number of hydrogen-bond acceptors (Lipinski definition) is 4. The molecule has 1 rings (SSSR count). The summed E-state index contributed by atoms with van der Waals surface area (Å²) in [6, 6.07) is 4.65. The lowest BCUT2D eigenvalue weighted by atomic mass is 10.1. The standard InChI is InChI=1S/C9H11NO3/c1-13-9(12)7-2-6(5-11)3-8(10)4-7/h2-4,11H,5,10H2,1H3. The topological polar surface area (TPSA) is 72.5 Å². The molecule has 0 fully saturated rings. The molecule has 70 valence electrons. The second-order valence-electron chi connectivity index (χ2n) is 2.61. The molecule has 0 aliphatic carbocycles. The molecule has 0 saturated carbocycles. The van der Waals surface area contributed by atoms with Gasteiger partial charge in [0.1, 0.15) is 0 Å². The van der Waals surface area contributed by atoms with Gasteiger partial charge in [-0.05, 0) is 23.8 Å². The average Bonchev–Trinajstić information content (AvgIpc) is 2.15. The monoisotopic (exact) mass is 181 g/mol. The van der Waals surface area contributed by atoms with Gasteiger partial charge in [-0.2, -0.15) is 0 Å². The molecule has 0 aromatic heterocycles. The highest BCUT2D eigenvalue weighted by Crippen LogP contribution is 2.12. The van der Waals surface area contributed by atoms with Gasteiger partial charge in [0.2, 0.25) is 0 Å². The Balaban J connectivity index is 3.08. The van der Waals surface area contributed by atoms with Crippen LogP contribution < -0.4 is 5.73 Å². The minimum Gasteiger partial charge on any atom is -0.465 e. The predicted molar refractivity (Wildman–Crippen MR) is 48.1 cm³/mol. The fraction of sp³-hybridized carbons (Fsp3) is 0.222. The van der Waals surface area contributed by atoms with Crippen molar-refractivity contribution in [3.8, 4) is 0 Å². The first kappa shape index (κ1) is 9.54. The van der Waals surface area contributed by atoms with Gasteiger partial charge in [-0.3, -0.25) is 0 Å². The molecule has 0 aliphatic heterocycles. The van der Waals surface area contributed by atoms with Crippen molar-refractivity contribution >= 4 is 11.7 Å². The van der Waals surface area contributed by atoms with Crippen LogP contribution in [0.15, 0.2) is 18.2 Å². The van der Waals surface area contributed by atoms with Crippen molar-refractivity contribution in [1.29, 1.82) is 0 Å². The number of aliphatic hydroxyl groups is 1. The number of nitrogens with two attached hydrogens (primary N) is 1. The van der Waals surface area contributed by atoms with Gasteiger partial charge in [0, 0.05) is 5.69 Å². The van der Waals surface area contributed by atoms with Gasteiger partial charge >= 0.3 is 5.97 Å². The van der Waals surface area contributed by atoms with E-state index in [-0.39, 0.29) is 6.61 Å². The SMILES string of the molecule is COC(=O)c1cc(N)cc(CO)c1. The Kier molecular flexibility index (Phi) is 2.87. The Morgan fingerprint density at radius 1 is 1.54 bits per heavy atom. The highest BCUT2D eigenvalue weighted by atomic mass is 16.5. The molecule has 0 unspecified atom stereocenters. The van der Waals surface area contributed by atoms with Gasteiger partial charge < -0.3 is 15.6 Å². The quantitative estimate of drug-likeness (QED) is 0.516. The molecule has 0 atom stereocenters. The number of esters is 1. The van der Waals surface area contributed by atoms with E-state index in [0.717, 1.165) is 0 Å². The number of rotatable bonds is 2. The molecule has 3 N–H and O–H groups in total. The molecule has 0 saturated heterocycles. The first-order valence-corrected chi connectivity index (χ1v) is 3.76. The summed E-state index contributed by atoms with van der Waals surface area (Å²) in [7, 11) is 1.30. The summed E-state index contributed by atoms with van der Waals surface area (Å²) in [4.78, 5) is 11.1. The summed E-state index contributed by atoms with van der Waals surface area (Å²) >= 11 is 0. The van der Waals surface area contributed by atoms with Crippen molar-refractivity contribution in [3.05, 3.63) is 29.3 Å². The molecule has 0 radical (unpaired) electrons. The molecule has 4 heteroatoms. The van der Waals surface area contributed by atoms with Crippen molar-refractivity contribution in [2.24, 2.45) is 0 Å². The predicted octanol–water partition coefficient (Wildman–Crippen LogP) is 0.548. The van der Waals surface area contributed by atoms with Crippen LogP contribution in [0.1, 0.15) is 15.9 Å². The van der Waals surface area contributed by atoms with Crippen LogP contribution in [0.4, 0.5) is 5.69 Å². The Labute approximate surface area is 75.9 Å². The molecule has 0 heterocycles. The second-order valence-corrected chi connectivity index (χ2v) is 2.61. The molecule has 0 bridgehead atoms. The van der Waals surface area contributed by atoms with Gasteiger partial charge in [-0.1, -0.05) is 0 Å². The van der Waals surface area contributed by atoms with Crippen LogP contribution >= 0.6 is 0 Å². The Bertz CT molecular complexity index is 323. The van der Waals surface area contributed by atoms with Crippen molar-refractivity contribution in [1.82, 2.24) is 0 Å². The Hall–Kier alpha value is -1.55. The highest BCUT2D eigenvalue weighted by Gasteiger charge is 2.06. The maximum atomic E-state index is 11.1. The Morgan fingerprint density at radius 2 is 2.23 bits per heavy atom. The summed E-state index contributed by atoms with van der Waals surface area (Å²) < 4.78 is 4.51. The van der Waals surface area contributed by atoms with E-state index in [0.29, 0.717) is 16.8 Å². The maximum Gasteiger partial charge on any atom is 0.337 e. The number of aliphatic hydroxyl groups excluding tert-OH is 1. The van der Waals surface area contributed by atoms with E-state index < -0.39 is 5.97 Å². The van der Waals surface area contributed by atoms with Crippen molar-refractivity contribution in [3.63, 3.8) is 0 Å². The third-order valence-corrected chi connectivity index (χ3v) is 1.62. The van der Waals surface area contributed by atoms with Gasteiger partial charge in [0.05, 0.1) is 19.3 Å². The zero-order valence-electron chi connectivity index (χ0n) is 7.28. The number of hydrogen-bond donors (Lipinski definition) is 2. The molecular weight excluding hydrogens is 170 g/mol. The molecule has 1 aromatic rings. The zero-order chi connectivity index (χ0) is 9.84. The number of methoxy groups -OCH3 is 1. The largest absolute Gasteiger partial charge is 0.465 e. The number of carbonyl (C=O) groups excluding carboxylic acids is 1. The molecular formula is C9H11NO3. The molecule has 4 nitrogen and oxygen atoms in total. The zero-order valence-corrected chi connectivity index (χ0v) is 7.28. The molecule has 13 heavy (non-hydrogen) atoms. The lowest BCUT2D eigenvalue weighted by Gasteiger charge is -2.03. The smallest absolute Gasteiger partial charge is 0.337 e. The van der Waals surface area contributed by atoms with E-state index in [1.54, 1.807) is 12.1 Å². The lowest BCUT2D eigenvalue weighted by molar-refractivity contribution is 0.0600. The van der Waals surface area contributed by atoms with Crippen molar-refractivity contribution in [2.75, 3.05) is 12.8 Å². The summed E-state index contributed by atoms with van der Waals surface area (Å²) in [5, 5.41) is 8.83. The van der Waals surface area contributed by atoms with Crippen LogP contribution in [0.2, 0.25) is 0 Å². The van der Waals surface area contributed by atoms with E-state index in [9.17, 15) is 4.79 Å². The average molecular weight is 181 g/mol. The number of benzene rings is 1. The molecule has 0 amide bonds. The van der Waals surface area contributed by atoms with E-state index in [4.69, 9.17) is 10.8 Å². The Morgan fingerprint density at radius 3 is 2.77 bits per heavy atom. The van der Waals surface area contributed by atoms with Crippen LogP contribution in [0, 0.1) is 0 Å². The molecule has 0 spiro atoms. The van der Waals surface area contributed by atoms with Crippen LogP contribution in [-0.2, 0) is 11.3 Å². The summed E-state index contributed by atoms with van der Waals surface area (Å²) in [6.07, 6.45) is 0. The number of ether oxygens (including phenoxy) is 1. The van der Waals surface area contributed by atoms with Crippen LogP contribution in [0.25, 0.3) is 0 Å². The number of anilines is 1. The van der Waals surface area contributed by atoms with E-state index in [1.165, 1.54) is 13.2 Å². The minimum atomic E-state index is -0.456. The van der Waals surface area contributed by atoms with Crippen LogP contribution in [0.3, 0.4) is 0 Å². The first-order chi connectivity index (χ1) is 6.17. The normalized spacial score (nSPS) is 9.69. The van der Waals surface area contributed by atoms with Gasteiger partial charge in [0.15, 0.2) is 0 Å². The lowest BCUT2D eigenvalue weighted by Crippen LogP contribution is -2.03.